The number of rotatable bonds is 10. The summed E-state index contributed by atoms with van der Waals surface area (Å²) in [5.41, 5.74) is 3.04. The lowest BCUT2D eigenvalue weighted by Crippen LogP contribution is -2.19. The number of amides is 1. The standard InChI is InChI=1S/C19H26N2O2/c1-2-3-4-5-6-7-8-9-19(22)21-16-10-11-17-15(12-16)13-18(17)23-14-20/h10-12,18H,2-9,13H2,1H3,(H,21,22). The number of nitrogens with one attached hydrogen (secondary N) is 1. The number of benzene rings is 1. The van der Waals surface area contributed by atoms with Crippen molar-refractivity contribution in [3.8, 4) is 6.26 Å². The molecule has 2 rings (SSSR count). The van der Waals surface area contributed by atoms with E-state index in [9.17, 15) is 4.79 Å². The van der Waals surface area contributed by atoms with Gasteiger partial charge in [-0.25, -0.2) is 0 Å². The molecule has 0 aliphatic heterocycles. The molecule has 1 aliphatic carbocycles. The minimum atomic E-state index is -0.104. The molecule has 1 N–H and O–H groups in total. The van der Waals surface area contributed by atoms with Gasteiger partial charge >= 0.3 is 0 Å². The number of carbonyl (C=O) groups excluding carboxylic acids is 1. The number of anilines is 1. The fourth-order valence-corrected chi connectivity index (χ4v) is 2.99. The molecule has 1 aromatic carbocycles. The Kier molecular flexibility index (Phi) is 6.93. The Balaban J connectivity index is 1.64. The van der Waals surface area contributed by atoms with Crippen LogP contribution in [0.3, 0.4) is 0 Å². The lowest BCUT2D eigenvalue weighted by Gasteiger charge is -2.27. The van der Waals surface area contributed by atoms with Crippen LogP contribution in [0.15, 0.2) is 18.2 Å². The van der Waals surface area contributed by atoms with Gasteiger partial charge in [-0.3, -0.25) is 4.79 Å². The Bertz CT molecular complexity index is 563. The summed E-state index contributed by atoms with van der Waals surface area (Å²) in [6.07, 6.45) is 11.5. The number of fused-ring (bicyclic) bond motifs is 1. The zero-order valence-corrected chi connectivity index (χ0v) is 13.9. The molecule has 0 saturated heterocycles. The Labute approximate surface area is 138 Å². The number of hydrogen-bond acceptors (Lipinski definition) is 3. The van der Waals surface area contributed by atoms with E-state index in [1.54, 1.807) is 6.26 Å². The predicted octanol–water partition coefficient (Wildman–Crippen LogP) is 4.86. The quantitative estimate of drug-likeness (QED) is 0.495. The van der Waals surface area contributed by atoms with Crippen molar-refractivity contribution in [2.75, 3.05) is 5.32 Å². The highest BCUT2D eigenvalue weighted by Crippen LogP contribution is 2.37. The van der Waals surface area contributed by atoms with E-state index >= 15 is 0 Å². The highest BCUT2D eigenvalue weighted by atomic mass is 16.5. The van der Waals surface area contributed by atoms with Crippen LogP contribution in [0.2, 0.25) is 0 Å². The molecular weight excluding hydrogens is 288 g/mol. The molecule has 1 amide bonds. The van der Waals surface area contributed by atoms with Gasteiger partial charge in [0.1, 0.15) is 6.10 Å². The SMILES string of the molecule is CCCCCCCCCC(=O)Nc1ccc2c(c1)CC2OC#N. The lowest BCUT2D eigenvalue weighted by atomic mass is 9.85. The first kappa shape index (κ1) is 17.3. The van der Waals surface area contributed by atoms with Crippen molar-refractivity contribution in [2.45, 2.75) is 70.8 Å². The molecule has 0 aromatic heterocycles. The van der Waals surface area contributed by atoms with Gasteiger partial charge in [0.15, 0.2) is 0 Å². The van der Waals surface area contributed by atoms with Crippen LogP contribution < -0.4 is 5.32 Å². The fraction of sp³-hybridized carbons (Fsp3) is 0.579. The molecular formula is C19H26N2O2. The van der Waals surface area contributed by atoms with E-state index in [-0.39, 0.29) is 12.0 Å². The summed E-state index contributed by atoms with van der Waals surface area (Å²) in [4.78, 5) is 11.9. The third kappa shape index (κ3) is 5.28. The Morgan fingerprint density at radius 2 is 2.00 bits per heavy atom. The smallest absolute Gasteiger partial charge is 0.286 e. The van der Waals surface area contributed by atoms with Gasteiger partial charge in [-0.15, -0.1) is 0 Å². The van der Waals surface area contributed by atoms with Crippen molar-refractivity contribution in [1.29, 1.82) is 5.26 Å². The summed E-state index contributed by atoms with van der Waals surface area (Å²) in [7, 11) is 0. The normalized spacial score (nSPS) is 15.2. The van der Waals surface area contributed by atoms with E-state index in [0.29, 0.717) is 6.42 Å². The van der Waals surface area contributed by atoms with Crippen molar-refractivity contribution >= 4 is 11.6 Å². The van der Waals surface area contributed by atoms with Crippen molar-refractivity contribution in [1.82, 2.24) is 0 Å². The largest absolute Gasteiger partial charge is 0.419 e. The molecule has 4 nitrogen and oxygen atoms in total. The van der Waals surface area contributed by atoms with Gasteiger partial charge in [-0.05, 0) is 29.7 Å². The van der Waals surface area contributed by atoms with E-state index in [1.165, 1.54) is 32.1 Å². The minimum Gasteiger partial charge on any atom is -0.419 e. The van der Waals surface area contributed by atoms with Crippen LogP contribution in [-0.2, 0) is 16.0 Å². The topological polar surface area (TPSA) is 62.1 Å². The molecule has 1 aliphatic rings. The first-order valence-corrected chi connectivity index (χ1v) is 8.72. The van der Waals surface area contributed by atoms with Gasteiger partial charge in [0.25, 0.3) is 6.26 Å². The summed E-state index contributed by atoms with van der Waals surface area (Å²) in [5.74, 6) is 0.0858. The van der Waals surface area contributed by atoms with Gasteiger partial charge in [-0.2, -0.15) is 5.26 Å². The van der Waals surface area contributed by atoms with Crippen LogP contribution in [0, 0.1) is 11.5 Å². The fourth-order valence-electron chi connectivity index (χ4n) is 2.99. The second-order valence-corrected chi connectivity index (χ2v) is 6.23. The highest BCUT2D eigenvalue weighted by molar-refractivity contribution is 5.90. The molecule has 0 saturated carbocycles. The molecule has 0 bridgehead atoms. The number of hydrogen-bond donors (Lipinski definition) is 1. The van der Waals surface area contributed by atoms with Crippen molar-refractivity contribution in [3.05, 3.63) is 29.3 Å². The Morgan fingerprint density at radius 3 is 2.70 bits per heavy atom. The van der Waals surface area contributed by atoms with E-state index in [1.807, 2.05) is 18.2 Å². The summed E-state index contributed by atoms with van der Waals surface area (Å²) < 4.78 is 4.94. The summed E-state index contributed by atoms with van der Waals surface area (Å²) in [6, 6.07) is 5.80. The van der Waals surface area contributed by atoms with E-state index in [2.05, 4.69) is 12.2 Å². The van der Waals surface area contributed by atoms with Gasteiger partial charge < -0.3 is 10.1 Å². The van der Waals surface area contributed by atoms with Crippen LogP contribution in [0.25, 0.3) is 0 Å². The van der Waals surface area contributed by atoms with Crippen LogP contribution in [0.1, 0.15) is 75.5 Å². The van der Waals surface area contributed by atoms with Gasteiger partial charge in [0, 0.05) is 18.5 Å². The average molecular weight is 314 g/mol. The molecule has 4 heteroatoms. The summed E-state index contributed by atoms with van der Waals surface area (Å²) in [5, 5.41) is 11.5. The zero-order chi connectivity index (χ0) is 16.5. The van der Waals surface area contributed by atoms with E-state index < -0.39 is 0 Å². The minimum absolute atomic E-state index is 0.0858. The van der Waals surface area contributed by atoms with Crippen LogP contribution >= 0.6 is 0 Å². The third-order valence-electron chi connectivity index (χ3n) is 4.38. The zero-order valence-electron chi connectivity index (χ0n) is 13.9. The number of nitriles is 1. The summed E-state index contributed by atoms with van der Waals surface area (Å²) >= 11 is 0. The van der Waals surface area contributed by atoms with Crippen molar-refractivity contribution in [3.63, 3.8) is 0 Å². The molecule has 1 aromatic rings. The number of ether oxygens (including phenoxy) is 1. The molecule has 0 fully saturated rings. The first-order valence-electron chi connectivity index (χ1n) is 8.72. The lowest BCUT2D eigenvalue weighted by molar-refractivity contribution is -0.116. The van der Waals surface area contributed by atoms with E-state index in [4.69, 9.17) is 10.00 Å². The third-order valence-corrected chi connectivity index (χ3v) is 4.38. The van der Waals surface area contributed by atoms with Crippen LogP contribution in [0.5, 0.6) is 0 Å². The maximum absolute atomic E-state index is 11.9. The second-order valence-electron chi connectivity index (χ2n) is 6.23. The van der Waals surface area contributed by atoms with Crippen molar-refractivity contribution in [2.24, 2.45) is 0 Å². The van der Waals surface area contributed by atoms with Gasteiger partial charge in [-0.1, -0.05) is 51.5 Å². The van der Waals surface area contributed by atoms with Crippen LogP contribution in [-0.4, -0.2) is 5.91 Å². The van der Waals surface area contributed by atoms with E-state index in [0.717, 1.165) is 36.1 Å². The number of carbonyl (C=O) groups is 1. The Morgan fingerprint density at radius 1 is 1.26 bits per heavy atom. The highest BCUT2D eigenvalue weighted by Gasteiger charge is 2.28. The Hall–Kier alpha value is -2.02. The number of unbranched alkanes of at least 4 members (excludes halogenated alkanes) is 6. The molecule has 124 valence electrons. The maximum atomic E-state index is 11.9. The molecule has 0 radical (unpaired) electrons. The first-order chi connectivity index (χ1) is 11.2. The second kappa shape index (κ2) is 9.19. The predicted molar refractivity (Wildman–Crippen MR) is 90.8 cm³/mol. The number of nitrogens with zero attached hydrogens (tertiary/aromatic N) is 1. The molecule has 0 heterocycles. The monoisotopic (exact) mass is 314 g/mol. The van der Waals surface area contributed by atoms with Crippen LogP contribution in [0.4, 0.5) is 5.69 Å². The molecule has 0 spiro atoms. The van der Waals surface area contributed by atoms with Crippen molar-refractivity contribution < 1.29 is 9.53 Å². The molecule has 1 unspecified atom stereocenters. The van der Waals surface area contributed by atoms with Gasteiger partial charge in [0.05, 0.1) is 0 Å². The molecule has 23 heavy (non-hydrogen) atoms. The average Bonchev–Trinajstić information content (AvgIpc) is 2.52. The van der Waals surface area contributed by atoms with Gasteiger partial charge in [0.2, 0.25) is 5.91 Å². The molecule has 1 atom stereocenters. The maximum Gasteiger partial charge on any atom is 0.286 e. The summed E-state index contributed by atoms with van der Waals surface area (Å²) in [6.45, 7) is 2.22.